The van der Waals surface area contributed by atoms with Crippen molar-refractivity contribution in [3.8, 4) is 0 Å². The van der Waals surface area contributed by atoms with Gasteiger partial charge in [-0.1, -0.05) is 34.1 Å². The van der Waals surface area contributed by atoms with Crippen LogP contribution >= 0.6 is 15.9 Å². The molecule has 0 amide bonds. The van der Waals surface area contributed by atoms with Crippen molar-refractivity contribution < 1.29 is 4.74 Å². The zero-order chi connectivity index (χ0) is 14.5. The van der Waals surface area contributed by atoms with E-state index in [1.807, 2.05) is 18.2 Å². The van der Waals surface area contributed by atoms with Crippen molar-refractivity contribution in [1.82, 2.24) is 10.3 Å². The molecule has 1 N–H and O–H groups in total. The lowest BCUT2D eigenvalue weighted by Crippen LogP contribution is -2.39. The van der Waals surface area contributed by atoms with Crippen molar-refractivity contribution >= 4 is 15.9 Å². The van der Waals surface area contributed by atoms with Gasteiger partial charge in [0.2, 0.25) is 0 Å². The van der Waals surface area contributed by atoms with Gasteiger partial charge >= 0.3 is 0 Å². The Labute approximate surface area is 134 Å². The number of piperidine rings is 1. The van der Waals surface area contributed by atoms with Gasteiger partial charge < -0.3 is 10.1 Å². The molecule has 3 heterocycles. The van der Waals surface area contributed by atoms with Gasteiger partial charge in [0.05, 0.1) is 5.69 Å². The molecule has 0 spiro atoms. The van der Waals surface area contributed by atoms with Crippen LogP contribution in [0.3, 0.4) is 0 Å². The molecule has 3 atom stereocenters. The van der Waals surface area contributed by atoms with E-state index in [9.17, 15) is 0 Å². The quantitative estimate of drug-likeness (QED) is 0.789. The van der Waals surface area contributed by atoms with Gasteiger partial charge in [0.1, 0.15) is 11.9 Å². The summed E-state index contributed by atoms with van der Waals surface area (Å²) < 4.78 is 5.92. The first-order valence-corrected chi connectivity index (χ1v) is 8.70. The monoisotopic (exact) mass is 348 g/mol. The molecule has 0 radical (unpaired) electrons. The number of allylic oxidation sites excluding steroid dienone is 4. The Bertz CT molecular complexity index is 515. The number of hydrogen-bond acceptors (Lipinski definition) is 3. The number of halogens is 1. The summed E-state index contributed by atoms with van der Waals surface area (Å²) in [6.45, 7) is 2.20. The lowest BCUT2D eigenvalue weighted by molar-refractivity contribution is 0.108. The van der Waals surface area contributed by atoms with E-state index in [4.69, 9.17) is 4.74 Å². The third-order valence-corrected chi connectivity index (χ3v) is 4.87. The van der Waals surface area contributed by atoms with E-state index in [1.54, 1.807) is 6.20 Å². The van der Waals surface area contributed by atoms with Crippen molar-refractivity contribution in [3.05, 3.63) is 54.1 Å². The van der Waals surface area contributed by atoms with E-state index in [0.29, 0.717) is 12.0 Å². The summed E-state index contributed by atoms with van der Waals surface area (Å²) in [6.07, 6.45) is 11.2. The Kier molecular flexibility index (Phi) is 5.09. The molecule has 1 aromatic rings. The first-order chi connectivity index (χ1) is 10.4. The summed E-state index contributed by atoms with van der Waals surface area (Å²) in [6, 6.07) is 5.87. The molecule has 0 aromatic carbocycles. The highest BCUT2D eigenvalue weighted by Gasteiger charge is 2.42. The highest BCUT2D eigenvalue weighted by atomic mass is 79.9. The molecule has 4 rings (SSSR count). The second-order valence-electron chi connectivity index (χ2n) is 5.61. The van der Waals surface area contributed by atoms with Crippen molar-refractivity contribution in [1.29, 1.82) is 0 Å². The van der Waals surface area contributed by atoms with Gasteiger partial charge in [0.15, 0.2) is 0 Å². The lowest BCUT2D eigenvalue weighted by atomic mass is 9.81. The minimum atomic E-state index is 0.449. The van der Waals surface area contributed by atoms with Crippen molar-refractivity contribution in [3.63, 3.8) is 0 Å². The fraction of sp³-hybridized carbons (Fsp3) is 0.471. The number of rotatable bonds is 1. The Hall–Kier alpha value is -1.13. The molecular formula is C17H21BrN2O. The summed E-state index contributed by atoms with van der Waals surface area (Å²) in [5.74, 6) is 2.70. The molecule has 2 aliphatic heterocycles. The molecule has 3 unspecified atom stereocenters. The predicted octanol–water partition coefficient (Wildman–Crippen LogP) is 3.43. The summed E-state index contributed by atoms with van der Waals surface area (Å²) in [4.78, 5) is 4.05. The van der Waals surface area contributed by atoms with E-state index < -0.39 is 0 Å². The van der Waals surface area contributed by atoms with Crippen molar-refractivity contribution in [2.24, 2.45) is 11.8 Å². The molecule has 3 aliphatic rings. The van der Waals surface area contributed by atoms with Crippen LogP contribution in [0, 0.1) is 11.8 Å². The van der Waals surface area contributed by atoms with Gasteiger partial charge in [0.25, 0.3) is 0 Å². The summed E-state index contributed by atoms with van der Waals surface area (Å²) in [5.41, 5.74) is 1.08. The fourth-order valence-electron chi connectivity index (χ4n) is 3.23. The third kappa shape index (κ3) is 3.55. The van der Waals surface area contributed by atoms with Crippen LogP contribution in [0.5, 0.6) is 0 Å². The predicted molar refractivity (Wildman–Crippen MR) is 88.0 cm³/mol. The Morgan fingerprint density at radius 1 is 1.38 bits per heavy atom. The Balaban J connectivity index is 0.000000143. The van der Waals surface area contributed by atoms with Crippen LogP contribution in [-0.2, 0) is 10.1 Å². The first-order valence-electron chi connectivity index (χ1n) is 7.58. The van der Waals surface area contributed by atoms with Gasteiger partial charge in [-0.05, 0) is 37.6 Å². The van der Waals surface area contributed by atoms with Gasteiger partial charge in [0, 0.05) is 29.9 Å². The molecule has 112 valence electrons. The van der Waals surface area contributed by atoms with Crippen LogP contribution in [0.1, 0.15) is 18.5 Å². The number of pyridine rings is 1. The fourth-order valence-corrected chi connectivity index (χ4v) is 3.56. The van der Waals surface area contributed by atoms with Crippen molar-refractivity contribution in [2.45, 2.75) is 24.3 Å². The largest absolute Gasteiger partial charge is 0.493 e. The van der Waals surface area contributed by atoms with E-state index in [0.717, 1.165) is 30.0 Å². The zero-order valence-electron chi connectivity index (χ0n) is 12.0. The first kappa shape index (κ1) is 14.8. The Morgan fingerprint density at radius 3 is 3.10 bits per heavy atom. The highest BCUT2D eigenvalue weighted by molar-refractivity contribution is 9.08. The zero-order valence-corrected chi connectivity index (χ0v) is 13.6. The van der Waals surface area contributed by atoms with E-state index in [2.05, 4.69) is 44.5 Å². The maximum Gasteiger partial charge on any atom is 0.114 e. The maximum absolute atomic E-state index is 5.92. The number of nitrogens with zero attached hydrogens (tertiary/aromatic N) is 1. The average molecular weight is 349 g/mol. The van der Waals surface area contributed by atoms with Crippen LogP contribution in [0.15, 0.2) is 48.4 Å². The number of alkyl halides is 1. The SMILES string of the molecule is BrCc1ccccn1.C1=CCC2C(=C1)OC1CNCCC12. The molecule has 2 saturated heterocycles. The van der Waals surface area contributed by atoms with Gasteiger partial charge in [-0.25, -0.2) is 0 Å². The van der Waals surface area contributed by atoms with Crippen molar-refractivity contribution in [2.75, 3.05) is 13.1 Å². The standard InChI is InChI=1S/C11H15NO.C6H6BrN/c1-2-4-10-8(3-1)9-5-6-12-7-11(9)13-10;7-5-6-3-1-2-4-8-6/h1-2,4,8-9,11-12H,3,5-7H2;1-4H,5H2. The van der Waals surface area contributed by atoms with Crippen LogP contribution in [0.25, 0.3) is 0 Å². The minimum Gasteiger partial charge on any atom is -0.493 e. The number of ether oxygens (including phenoxy) is 1. The molecule has 4 heteroatoms. The summed E-state index contributed by atoms with van der Waals surface area (Å²) in [5, 5.41) is 4.23. The minimum absolute atomic E-state index is 0.449. The molecule has 0 saturated carbocycles. The highest BCUT2D eigenvalue weighted by Crippen LogP contribution is 2.42. The van der Waals surface area contributed by atoms with Crippen LogP contribution in [0.2, 0.25) is 0 Å². The lowest BCUT2D eigenvalue weighted by Gasteiger charge is -2.26. The molecule has 21 heavy (non-hydrogen) atoms. The number of aromatic nitrogens is 1. The molecule has 1 aliphatic carbocycles. The van der Waals surface area contributed by atoms with Crippen LogP contribution in [0.4, 0.5) is 0 Å². The van der Waals surface area contributed by atoms with Gasteiger partial charge in [-0.2, -0.15) is 0 Å². The molecule has 2 fully saturated rings. The average Bonchev–Trinajstić information content (AvgIpc) is 2.95. The van der Waals surface area contributed by atoms with E-state index >= 15 is 0 Å². The topological polar surface area (TPSA) is 34.1 Å². The normalized spacial score (nSPS) is 29.4. The second-order valence-corrected chi connectivity index (χ2v) is 6.17. The molecule has 1 aromatic heterocycles. The van der Waals surface area contributed by atoms with Gasteiger partial charge in [-0.3, -0.25) is 4.98 Å². The van der Waals surface area contributed by atoms with Crippen LogP contribution < -0.4 is 5.32 Å². The Morgan fingerprint density at radius 2 is 2.33 bits per heavy atom. The van der Waals surface area contributed by atoms with Gasteiger partial charge in [-0.15, -0.1) is 0 Å². The second kappa shape index (κ2) is 7.23. The number of nitrogens with one attached hydrogen (secondary N) is 1. The summed E-state index contributed by atoms with van der Waals surface area (Å²) in [7, 11) is 0. The molecular weight excluding hydrogens is 328 g/mol. The third-order valence-electron chi connectivity index (χ3n) is 4.30. The van der Waals surface area contributed by atoms with E-state index in [-0.39, 0.29) is 0 Å². The number of fused-ring (bicyclic) bond motifs is 3. The number of hydrogen-bond donors (Lipinski definition) is 1. The smallest absolute Gasteiger partial charge is 0.114 e. The maximum atomic E-state index is 5.92. The van der Waals surface area contributed by atoms with Crippen LogP contribution in [-0.4, -0.2) is 24.2 Å². The van der Waals surface area contributed by atoms with E-state index in [1.165, 1.54) is 18.6 Å². The molecule has 0 bridgehead atoms. The molecule has 3 nitrogen and oxygen atoms in total. The summed E-state index contributed by atoms with van der Waals surface area (Å²) >= 11 is 3.29.